The first-order valence-electron chi connectivity index (χ1n) is 6.29. The second-order valence-corrected chi connectivity index (χ2v) is 6.14. The number of nitrogens with one attached hydrogen (secondary N) is 1. The lowest BCUT2D eigenvalue weighted by Crippen LogP contribution is -2.44. The fourth-order valence-electron chi connectivity index (χ4n) is 2.45. The first kappa shape index (κ1) is 13.6. The minimum atomic E-state index is 0.0846. The molecule has 0 aromatic carbocycles. The maximum atomic E-state index is 5.91. The summed E-state index contributed by atoms with van der Waals surface area (Å²) in [6.45, 7) is 7.73. The van der Waals surface area contributed by atoms with Gasteiger partial charge in [-0.25, -0.2) is 0 Å². The van der Waals surface area contributed by atoms with E-state index in [1.807, 2.05) is 0 Å². The lowest BCUT2D eigenvalue weighted by atomic mass is 10.1. The monoisotopic (exact) mass is 261 g/mol. The van der Waals surface area contributed by atoms with Gasteiger partial charge in [0.1, 0.15) is 23.7 Å². The quantitative estimate of drug-likeness (QED) is 0.754. The maximum Gasteiger partial charge on any atom is 0.114 e. The van der Waals surface area contributed by atoms with Crippen LogP contribution in [0.15, 0.2) is 0 Å². The van der Waals surface area contributed by atoms with Crippen LogP contribution in [-0.2, 0) is 14.2 Å². The summed E-state index contributed by atoms with van der Waals surface area (Å²) in [6.07, 6.45) is 2.38. The van der Waals surface area contributed by atoms with Crippen LogP contribution >= 0.6 is 11.8 Å². The molecule has 5 atom stereocenters. The molecule has 0 radical (unpaired) electrons. The van der Waals surface area contributed by atoms with Gasteiger partial charge in [-0.3, -0.25) is 0 Å². The highest BCUT2D eigenvalue weighted by molar-refractivity contribution is 7.99. The standard InChI is InChI=1S/C12H23NO3S/c1-7(2)13-9-5-14-12-10(6-15-11(9)12)16-8(3)17-4/h7-13H,5-6H2,1-4H3. The molecule has 0 bridgehead atoms. The Labute approximate surface area is 108 Å². The highest BCUT2D eigenvalue weighted by Crippen LogP contribution is 2.30. The van der Waals surface area contributed by atoms with Gasteiger partial charge in [0.15, 0.2) is 0 Å². The van der Waals surface area contributed by atoms with Crippen LogP contribution in [0.4, 0.5) is 0 Å². The molecule has 17 heavy (non-hydrogen) atoms. The van der Waals surface area contributed by atoms with Crippen molar-refractivity contribution in [3.63, 3.8) is 0 Å². The molecule has 2 rings (SSSR count). The van der Waals surface area contributed by atoms with E-state index in [9.17, 15) is 0 Å². The van der Waals surface area contributed by atoms with Gasteiger partial charge in [-0.2, -0.15) is 0 Å². The summed E-state index contributed by atoms with van der Waals surface area (Å²) in [5.41, 5.74) is 0.197. The summed E-state index contributed by atoms with van der Waals surface area (Å²) in [6, 6.07) is 0.759. The van der Waals surface area contributed by atoms with Gasteiger partial charge in [0, 0.05) is 6.04 Å². The smallest absolute Gasteiger partial charge is 0.114 e. The molecule has 0 aliphatic carbocycles. The molecule has 0 spiro atoms. The van der Waals surface area contributed by atoms with E-state index >= 15 is 0 Å². The van der Waals surface area contributed by atoms with Gasteiger partial charge in [0.2, 0.25) is 0 Å². The zero-order chi connectivity index (χ0) is 12.4. The minimum absolute atomic E-state index is 0.0846. The second-order valence-electron chi connectivity index (χ2n) is 5.00. The van der Waals surface area contributed by atoms with Gasteiger partial charge < -0.3 is 19.5 Å². The van der Waals surface area contributed by atoms with Crippen molar-refractivity contribution >= 4 is 11.8 Å². The summed E-state index contributed by atoms with van der Waals surface area (Å²) in [5.74, 6) is 0. The van der Waals surface area contributed by atoms with Crippen LogP contribution in [-0.4, -0.2) is 55.3 Å². The average molecular weight is 261 g/mol. The van der Waals surface area contributed by atoms with Gasteiger partial charge in [-0.1, -0.05) is 13.8 Å². The first-order valence-corrected chi connectivity index (χ1v) is 7.58. The van der Waals surface area contributed by atoms with E-state index in [4.69, 9.17) is 14.2 Å². The summed E-state index contributed by atoms with van der Waals surface area (Å²) >= 11 is 1.71. The van der Waals surface area contributed by atoms with E-state index in [1.165, 1.54) is 0 Å². The Kier molecular flexibility index (Phi) is 4.72. The lowest BCUT2D eigenvalue weighted by molar-refractivity contribution is -0.0371. The predicted octanol–water partition coefficient (Wildman–Crippen LogP) is 1.24. The Morgan fingerprint density at radius 1 is 1.18 bits per heavy atom. The summed E-state index contributed by atoms with van der Waals surface area (Å²) < 4.78 is 17.6. The van der Waals surface area contributed by atoms with Gasteiger partial charge in [-0.15, -0.1) is 11.8 Å². The molecule has 0 amide bonds. The summed E-state index contributed by atoms with van der Waals surface area (Å²) in [5, 5.41) is 3.49. The molecule has 0 saturated carbocycles. The molecule has 2 fully saturated rings. The molecule has 5 unspecified atom stereocenters. The molecule has 5 heteroatoms. The molecule has 1 N–H and O–H groups in total. The van der Waals surface area contributed by atoms with Crippen LogP contribution < -0.4 is 5.32 Å². The molecule has 4 nitrogen and oxygen atoms in total. The zero-order valence-corrected chi connectivity index (χ0v) is 11.8. The number of hydrogen-bond donors (Lipinski definition) is 1. The molecule has 2 aliphatic heterocycles. The first-order chi connectivity index (χ1) is 8.11. The van der Waals surface area contributed by atoms with Gasteiger partial charge in [0.05, 0.1) is 19.3 Å². The van der Waals surface area contributed by atoms with Gasteiger partial charge in [0.25, 0.3) is 0 Å². The molecule has 0 aromatic heterocycles. The molecule has 2 saturated heterocycles. The van der Waals surface area contributed by atoms with E-state index in [2.05, 4.69) is 32.3 Å². The van der Waals surface area contributed by atoms with Crippen molar-refractivity contribution in [1.29, 1.82) is 0 Å². The Bertz CT molecular complexity index is 252. The van der Waals surface area contributed by atoms with E-state index in [0.717, 1.165) is 6.61 Å². The average Bonchev–Trinajstić information content (AvgIpc) is 2.83. The third kappa shape index (κ3) is 3.15. The molecule has 2 aliphatic rings. The Morgan fingerprint density at radius 3 is 2.53 bits per heavy atom. The number of rotatable bonds is 5. The van der Waals surface area contributed by atoms with Gasteiger partial charge >= 0.3 is 0 Å². The fourth-order valence-corrected chi connectivity index (χ4v) is 2.71. The van der Waals surface area contributed by atoms with Crippen molar-refractivity contribution in [2.24, 2.45) is 0 Å². The topological polar surface area (TPSA) is 39.7 Å². The Hall–Kier alpha value is 0.190. The minimum Gasteiger partial charge on any atom is -0.371 e. The van der Waals surface area contributed by atoms with Crippen LogP contribution in [0.5, 0.6) is 0 Å². The largest absolute Gasteiger partial charge is 0.371 e. The van der Waals surface area contributed by atoms with Crippen molar-refractivity contribution in [3.8, 4) is 0 Å². The van der Waals surface area contributed by atoms with Crippen molar-refractivity contribution in [1.82, 2.24) is 5.32 Å². The number of ether oxygens (including phenoxy) is 3. The number of hydrogen-bond acceptors (Lipinski definition) is 5. The van der Waals surface area contributed by atoms with E-state index in [1.54, 1.807) is 11.8 Å². The number of thioether (sulfide) groups is 1. The van der Waals surface area contributed by atoms with E-state index in [0.29, 0.717) is 18.7 Å². The molecule has 100 valence electrons. The maximum absolute atomic E-state index is 5.91. The SMILES string of the molecule is CSC(C)OC1COC2C(NC(C)C)COC12. The van der Waals surface area contributed by atoms with E-state index in [-0.39, 0.29) is 23.7 Å². The third-order valence-electron chi connectivity index (χ3n) is 3.25. The zero-order valence-electron chi connectivity index (χ0n) is 11.0. The van der Waals surface area contributed by atoms with Crippen LogP contribution in [0.2, 0.25) is 0 Å². The van der Waals surface area contributed by atoms with Crippen molar-refractivity contribution in [2.75, 3.05) is 19.5 Å². The van der Waals surface area contributed by atoms with Crippen molar-refractivity contribution in [3.05, 3.63) is 0 Å². The molecule has 0 aromatic rings. The Morgan fingerprint density at radius 2 is 1.88 bits per heavy atom. The highest BCUT2D eigenvalue weighted by Gasteiger charge is 2.48. The van der Waals surface area contributed by atoms with Crippen LogP contribution in [0.3, 0.4) is 0 Å². The molecular formula is C12H23NO3S. The molecular weight excluding hydrogens is 238 g/mol. The lowest BCUT2D eigenvalue weighted by Gasteiger charge is -2.21. The fraction of sp³-hybridized carbons (Fsp3) is 1.00. The van der Waals surface area contributed by atoms with Crippen molar-refractivity contribution < 1.29 is 14.2 Å². The summed E-state index contributed by atoms with van der Waals surface area (Å²) in [4.78, 5) is 0. The molecule has 2 heterocycles. The predicted molar refractivity (Wildman–Crippen MR) is 69.4 cm³/mol. The van der Waals surface area contributed by atoms with Crippen molar-refractivity contribution in [2.45, 2.75) is 56.6 Å². The van der Waals surface area contributed by atoms with E-state index < -0.39 is 0 Å². The number of fused-ring (bicyclic) bond motifs is 1. The van der Waals surface area contributed by atoms with Gasteiger partial charge in [-0.05, 0) is 13.2 Å². The normalized spacial score (nSPS) is 38.6. The third-order valence-corrected chi connectivity index (χ3v) is 4.03. The van der Waals surface area contributed by atoms with Crippen LogP contribution in [0, 0.1) is 0 Å². The van der Waals surface area contributed by atoms with Crippen LogP contribution in [0.25, 0.3) is 0 Å². The van der Waals surface area contributed by atoms with Crippen LogP contribution in [0.1, 0.15) is 20.8 Å². The summed E-state index contributed by atoms with van der Waals surface area (Å²) in [7, 11) is 0. The highest BCUT2D eigenvalue weighted by atomic mass is 32.2. The Balaban J connectivity index is 1.88. The second kappa shape index (κ2) is 5.89.